The minimum absolute atomic E-state index is 0.147. The van der Waals surface area contributed by atoms with Gasteiger partial charge in [0, 0.05) is 29.5 Å². The summed E-state index contributed by atoms with van der Waals surface area (Å²) in [5, 5.41) is 17.1. The van der Waals surface area contributed by atoms with Gasteiger partial charge < -0.3 is 20.6 Å². The zero-order chi connectivity index (χ0) is 22.6. The molecule has 2 aliphatic carbocycles. The molecule has 0 bridgehead atoms. The molecule has 33 heavy (non-hydrogen) atoms. The normalized spacial score (nSPS) is 25.3. The number of aryl methyl sites for hydroxylation is 1. The molecule has 0 unspecified atom stereocenters. The maximum absolute atomic E-state index is 9.93. The highest BCUT2D eigenvalue weighted by Gasteiger charge is 2.30. The van der Waals surface area contributed by atoms with Gasteiger partial charge in [0.1, 0.15) is 5.82 Å². The molecule has 6 nitrogen and oxygen atoms in total. The van der Waals surface area contributed by atoms with Crippen molar-refractivity contribution < 1.29 is 5.11 Å². The van der Waals surface area contributed by atoms with Crippen LogP contribution in [-0.4, -0.2) is 51.3 Å². The van der Waals surface area contributed by atoms with E-state index in [0.717, 1.165) is 43.2 Å². The Hall–Kier alpha value is -2.18. The van der Waals surface area contributed by atoms with Gasteiger partial charge in [-0.1, -0.05) is 25.0 Å². The predicted octanol–water partition coefficient (Wildman–Crippen LogP) is 5.37. The summed E-state index contributed by atoms with van der Waals surface area (Å²) in [7, 11) is 0. The lowest BCUT2D eigenvalue weighted by Gasteiger charge is -2.36. The predicted molar refractivity (Wildman–Crippen MR) is 134 cm³/mol. The first-order chi connectivity index (χ1) is 16.1. The second kappa shape index (κ2) is 10.4. The van der Waals surface area contributed by atoms with Crippen molar-refractivity contribution in [3.05, 3.63) is 41.6 Å². The van der Waals surface area contributed by atoms with E-state index in [0.29, 0.717) is 17.9 Å². The summed E-state index contributed by atoms with van der Waals surface area (Å²) in [4.78, 5) is 12.4. The van der Waals surface area contributed by atoms with Crippen LogP contribution in [0.15, 0.2) is 30.5 Å². The molecule has 2 saturated carbocycles. The van der Waals surface area contributed by atoms with Crippen LogP contribution in [0.25, 0.3) is 0 Å². The van der Waals surface area contributed by atoms with E-state index in [1.54, 1.807) is 0 Å². The molecule has 0 radical (unpaired) electrons. The van der Waals surface area contributed by atoms with E-state index in [2.05, 4.69) is 52.9 Å². The molecular formula is C27H39N5O. The van der Waals surface area contributed by atoms with Gasteiger partial charge in [-0.3, -0.25) is 0 Å². The van der Waals surface area contributed by atoms with E-state index >= 15 is 0 Å². The maximum atomic E-state index is 9.93. The lowest BCUT2D eigenvalue weighted by atomic mass is 9.88. The van der Waals surface area contributed by atoms with Crippen molar-refractivity contribution in [2.45, 2.75) is 95.2 Å². The van der Waals surface area contributed by atoms with Gasteiger partial charge in [-0.05, 0) is 95.0 Å². The Bertz CT molecular complexity index is 912. The van der Waals surface area contributed by atoms with Crippen molar-refractivity contribution in [2.24, 2.45) is 0 Å². The Morgan fingerprint density at radius 2 is 1.73 bits per heavy atom. The smallest absolute Gasteiger partial charge is 0.229 e. The molecule has 0 amide bonds. The largest absolute Gasteiger partial charge is 0.393 e. The maximum Gasteiger partial charge on any atom is 0.229 e. The van der Waals surface area contributed by atoms with E-state index in [4.69, 9.17) is 9.97 Å². The number of hydrogen-bond acceptors (Lipinski definition) is 6. The average Bonchev–Trinajstić information content (AvgIpc) is 3.36. The number of likely N-dealkylation sites (tertiary alicyclic amines) is 1. The summed E-state index contributed by atoms with van der Waals surface area (Å²) < 4.78 is 0. The zero-order valence-electron chi connectivity index (χ0n) is 20.0. The monoisotopic (exact) mass is 449 g/mol. The van der Waals surface area contributed by atoms with Crippen molar-refractivity contribution in [3.8, 4) is 0 Å². The van der Waals surface area contributed by atoms with Gasteiger partial charge in [-0.25, -0.2) is 4.98 Å². The van der Waals surface area contributed by atoms with E-state index in [-0.39, 0.29) is 6.10 Å². The summed E-state index contributed by atoms with van der Waals surface area (Å²) in [6, 6.07) is 9.50. The molecule has 6 heteroatoms. The first-order valence-electron chi connectivity index (χ1n) is 13.0. The molecule has 0 spiro atoms. The zero-order valence-corrected chi connectivity index (χ0v) is 20.0. The van der Waals surface area contributed by atoms with Crippen molar-refractivity contribution in [1.29, 1.82) is 0 Å². The number of nitrogens with zero attached hydrogens (tertiary/aromatic N) is 3. The van der Waals surface area contributed by atoms with Crippen LogP contribution < -0.4 is 10.6 Å². The Labute approximate surface area is 198 Å². The Kier molecular flexibility index (Phi) is 7.12. The topological polar surface area (TPSA) is 73.3 Å². The number of aromatic nitrogens is 2. The van der Waals surface area contributed by atoms with Crippen LogP contribution in [0.3, 0.4) is 0 Å². The molecule has 0 atom stereocenters. The SMILES string of the molecule is Cc1cccc(Nc2ncc(C3CCN(C4CCCC4)CC3)c(NC3CCC(O)CC3)n2)c1. The van der Waals surface area contributed by atoms with Crippen molar-refractivity contribution in [2.75, 3.05) is 23.7 Å². The Morgan fingerprint density at radius 1 is 0.970 bits per heavy atom. The van der Waals surface area contributed by atoms with Crippen molar-refractivity contribution in [3.63, 3.8) is 0 Å². The molecule has 3 aliphatic rings. The third-order valence-corrected chi connectivity index (χ3v) is 7.94. The Balaban J connectivity index is 1.33. The van der Waals surface area contributed by atoms with E-state index < -0.39 is 0 Å². The molecule has 1 aromatic carbocycles. The van der Waals surface area contributed by atoms with Crippen molar-refractivity contribution >= 4 is 17.5 Å². The van der Waals surface area contributed by atoms with Gasteiger partial charge >= 0.3 is 0 Å². The molecule has 1 saturated heterocycles. The van der Waals surface area contributed by atoms with Crippen LogP contribution >= 0.6 is 0 Å². The number of nitrogens with one attached hydrogen (secondary N) is 2. The first kappa shape index (κ1) is 22.6. The van der Waals surface area contributed by atoms with E-state index in [9.17, 15) is 5.11 Å². The Morgan fingerprint density at radius 3 is 2.45 bits per heavy atom. The molecule has 178 valence electrons. The second-order valence-electron chi connectivity index (χ2n) is 10.4. The van der Waals surface area contributed by atoms with Gasteiger partial charge in [0.25, 0.3) is 0 Å². The first-order valence-corrected chi connectivity index (χ1v) is 13.0. The number of benzene rings is 1. The summed E-state index contributed by atoms with van der Waals surface area (Å²) in [6.45, 7) is 4.47. The van der Waals surface area contributed by atoms with E-state index in [1.807, 2.05) is 0 Å². The van der Waals surface area contributed by atoms with Gasteiger partial charge in [-0.15, -0.1) is 0 Å². The van der Waals surface area contributed by atoms with Crippen LogP contribution in [0.5, 0.6) is 0 Å². The summed E-state index contributed by atoms with van der Waals surface area (Å²) in [5.41, 5.74) is 3.49. The standard InChI is InChI=1S/C27H39N5O/c1-19-5-4-6-22(17-19)30-27-28-18-25(26(31-27)29-21-9-11-24(33)12-10-21)20-13-15-32(16-14-20)23-7-2-3-8-23/h4-6,17-18,20-21,23-24,33H,2-3,7-16H2,1H3,(H2,28,29,30,31). The molecule has 2 heterocycles. The number of aliphatic hydroxyl groups excluding tert-OH is 1. The molecule has 1 aromatic heterocycles. The van der Waals surface area contributed by atoms with Crippen LogP contribution in [0, 0.1) is 6.92 Å². The number of aliphatic hydroxyl groups is 1. The van der Waals surface area contributed by atoms with Gasteiger partial charge in [0.05, 0.1) is 6.10 Å². The van der Waals surface area contributed by atoms with Crippen LogP contribution in [0.4, 0.5) is 17.5 Å². The second-order valence-corrected chi connectivity index (χ2v) is 10.4. The summed E-state index contributed by atoms with van der Waals surface area (Å²) in [6.07, 6.45) is 13.6. The molecular weight excluding hydrogens is 410 g/mol. The minimum Gasteiger partial charge on any atom is -0.393 e. The van der Waals surface area contributed by atoms with Gasteiger partial charge in [0.15, 0.2) is 0 Å². The van der Waals surface area contributed by atoms with E-state index in [1.165, 1.54) is 62.7 Å². The molecule has 5 rings (SSSR count). The highest BCUT2D eigenvalue weighted by Crippen LogP contribution is 2.36. The lowest BCUT2D eigenvalue weighted by Crippen LogP contribution is -2.39. The molecule has 3 N–H and O–H groups in total. The number of piperidine rings is 1. The molecule has 2 aromatic rings. The number of anilines is 3. The third-order valence-electron chi connectivity index (χ3n) is 7.94. The summed E-state index contributed by atoms with van der Waals surface area (Å²) in [5.74, 6) is 2.14. The molecule has 1 aliphatic heterocycles. The number of rotatable bonds is 6. The highest BCUT2D eigenvalue weighted by molar-refractivity contribution is 5.57. The summed E-state index contributed by atoms with van der Waals surface area (Å²) >= 11 is 0. The lowest BCUT2D eigenvalue weighted by molar-refractivity contribution is 0.126. The van der Waals surface area contributed by atoms with Crippen LogP contribution in [0.2, 0.25) is 0 Å². The fraction of sp³-hybridized carbons (Fsp3) is 0.630. The fourth-order valence-corrected chi connectivity index (χ4v) is 5.98. The van der Waals surface area contributed by atoms with Crippen LogP contribution in [-0.2, 0) is 0 Å². The molecule has 3 fully saturated rings. The minimum atomic E-state index is -0.147. The third kappa shape index (κ3) is 5.67. The van der Waals surface area contributed by atoms with Crippen molar-refractivity contribution in [1.82, 2.24) is 14.9 Å². The highest BCUT2D eigenvalue weighted by atomic mass is 16.3. The fourth-order valence-electron chi connectivity index (χ4n) is 5.98. The quantitative estimate of drug-likeness (QED) is 0.551. The van der Waals surface area contributed by atoms with Crippen LogP contribution in [0.1, 0.15) is 81.3 Å². The van der Waals surface area contributed by atoms with Gasteiger partial charge in [0.2, 0.25) is 5.95 Å². The number of hydrogen-bond donors (Lipinski definition) is 3. The van der Waals surface area contributed by atoms with Gasteiger partial charge in [-0.2, -0.15) is 4.98 Å². The average molecular weight is 450 g/mol.